The number of amides is 2. The molecule has 1 atom stereocenters. The zero-order valence-corrected chi connectivity index (χ0v) is 15.3. The summed E-state index contributed by atoms with van der Waals surface area (Å²) in [6, 6.07) is 13.9. The predicted molar refractivity (Wildman–Crippen MR) is 99.6 cm³/mol. The molecule has 0 radical (unpaired) electrons. The monoisotopic (exact) mass is 370 g/mol. The van der Waals surface area contributed by atoms with Gasteiger partial charge in [-0.25, -0.2) is 4.39 Å². The third-order valence-corrected chi connectivity index (χ3v) is 4.73. The molecule has 1 saturated heterocycles. The molecule has 5 nitrogen and oxygen atoms in total. The Bertz CT molecular complexity index is 807. The van der Waals surface area contributed by atoms with Crippen LogP contribution in [-0.2, 0) is 22.6 Å². The van der Waals surface area contributed by atoms with Crippen molar-refractivity contribution >= 4 is 11.8 Å². The van der Waals surface area contributed by atoms with E-state index in [4.69, 9.17) is 4.74 Å². The van der Waals surface area contributed by atoms with Crippen LogP contribution in [0.1, 0.15) is 17.5 Å². The molecule has 1 unspecified atom stereocenters. The van der Waals surface area contributed by atoms with E-state index in [0.717, 1.165) is 16.9 Å². The zero-order chi connectivity index (χ0) is 19.2. The maximum atomic E-state index is 13.2. The Morgan fingerprint density at radius 3 is 2.67 bits per heavy atom. The molecule has 142 valence electrons. The molecule has 1 N–H and O–H groups in total. The van der Waals surface area contributed by atoms with Crippen LogP contribution < -0.4 is 10.1 Å². The number of halogens is 1. The predicted octanol–water partition coefficient (Wildman–Crippen LogP) is 2.54. The first-order valence-corrected chi connectivity index (χ1v) is 8.98. The van der Waals surface area contributed by atoms with E-state index >= 15 is 0 Å². The first kappa shape index (κ1) is 18.9. The highest BCUT2D eigenvalue weighted by Crippen LogP contribution is 2.18. The molecule has 6 heteroatoms. The van der Waals surface area contributed by atoms with E-state index in [1.807, 2.05) is 24.3 Å². The van der Waals surface area contributed by atoms with Gasteiger partial charge in [0.1, 0.15) is 11.6 Å². The number of nitrogens with zero attached hydrogens (tertiary/aromatic N) is 1. The van der Waals surface area contributed by atoms with Crippen LogP contribution in [0, 0.1) is 11.7 Å². The molecule has 2 aromatic carbocycles. The van der Waals surface area contributed by atoms with Gasteiger partial charge in [0.15, 0.2) is 0 Å². The number of nitrogens with one attached hydrogen (secondary N) is 1. The van der Waals surface area contributed by atoms with Crippen LogP contribution in [0.2, 0.25) is 0 Å². The van der Waals surface area contributed by atoms with Gasteiger partial charge >= 0.3 is 0 Å². The Kier molecular flexibility index (Phi) is 6.06. The number of hydrogen-bond donors (Lipinski definition) is 1. The van der Waals surface area contributed by atoms with Gasteiger partial charge in [0.05, 0.1) is 13.0 Å². The topological polar surface area (TPSA) is 58.6 Å². The summed E-state index contributed by atoms with van der Waals surface area (Å²) in [5.41, 5.74) is 1.92. The van der Waals surface area contributed by atoms with Crippen molar-refractivity contribution in [1.82, 2.24) is 10.2 Å². The molecule has 0 saturated carbocycles. The number of benzene rings is 2. The van der Waals surface area contributed by atoms with Gasteiger partial charge in [0.25, 0.3) is 0 Å². The maximum Gasteiger partial charge on any atom is 0.228 e. The average molecular weight is 370 g/mol. The molecule has 0 bridgehead atoms. The number of hydrogen-bond acceptors (Lipinski definition) is 3. The third kappa shape index (κ3) is 5.06. The van der Waals surface area contributed by atoms with Gasteiger partial charge in [0.2, 0.25) is 11.8 Å². The lowest BCUT2D eigenvalue weighted by molar-refractivity contribution is -0.136. The van der Waals surface area contributed by atoms with Gasteiger partial charge in [-0.05, 0) is 41.8 Å². The van der Waals surface area contributed by atoms with E-state index in [1.54, 1.807) is 24.1 Å². The number of methoxy groups -OCH3 is 1. The lowest BCUT2D eigenvalue weighted by Crippen LogP contribution is -2.38. The minimum Gasteiger partial charge on any atom is -0.497 e. The molecule has 0 aromatic heterocycles. The van der Waals surface area contributed by atoms with Crippen molar-refractivity contribution in [2.24, 2.45) is 5.92 Å². The second-order valence-electron chi connectivity index (χ2n) is 6.69. The smallest absolute Gasteiger partial charge is 0.228 e. The highest BCUT2D eigenvalue weighted by Gasteiger charge is 2.31. The lowest BCUT2D eigenvalue weighted by atomic mass is 10.1. The summed E-state index contributed by atoms with van der Waals surface area (Å²) >= 11 is 0. The first-order valence-electron chi connectivity index (χ1n) is 8.98. The van der Waals surface area contributed by atoms with E-state index < -0.39 is 0 Å². The molecule has 1 aliphatic rings. The van der Waals surface area contributed by atoms with Gasteiger partial charge in [-0.15, -0.1) is 0 Å². The van der Waals surface area contributed by atoms with Crippen molar-refractivity contribution < 1.29 is 18.7 Å². The van der Waals surface area contributed by atoms with Gasteiger partial charge in [-0.3, -0.25) is 9.59 Å². The Morgan fingerprint density at radius 2 is 2.00 bits per heavy atom. The Labute approximate surface area is 158 Å². The normalized spacial score (nSPS) is 16.1. The minimum atomic E-state index is -0.344. The summed E-state index contributed by atoms with van der Waals surface area (Å²) < 4.78 is 18.4. The number of carbonyl (C=O) groups is 2. The zero-order valence-electron chi connectivity index (χ0n) is 15.3. The lowest BCUT2D eigenvalue weighted by Gasteiger charge is -2.25. The van der Waals surface area contributed by atoms with Crippen molar-refractivity contribution in [2.75, 3.05) is 20.2 Å². The molecule has 1 aliphatic heterocycles. The van der Waals surface area contributed by atoms with Crippen LogP contribution >= 0.6 is 0 Å². The molecule has 0 spiro atoms. The second kappa shape index (κ2) is 8.66. The van der Waals surface area contributed by atoms with Crippen LogP contribution in [-0.4, -0.2) is 36.9 Å². The highest BCUT2D eigenvalue weighted by molar-refractivity contribution is 5.89. The minimum absolute atomic E-state index is 0.0550. The largest absolute Gasteiger partial charge is 0.497 e. The van der Waals surface area contributed by atoms with E-state index in [0.29, 0.717) is 26.1 Å². The summed E-state index contributed by atoms with van der Waals surface area (Å²) in [6.07, 6.45) is 0.885. The van der Waals surface area contributed by atoms with Crippen LogP contribution in [0.3, 0.4) is 0 Å². The van der Waals surface area contributed by atoms with Crippen molar-refractivity contribution in [3.05, 3.63) is 65.5 Å². The summed E-state index contributed by atoms with van der Waals surface area (Å²) in [7, 11) is 1.62. The SMILES string of the molecule is COc1cccc(CCN(Cc2ccc(F)cc2)C(=O)C2CNC(=O)C2)c1. The van der Waals surface area contributed by atoms with Gasteiger partial charge < -0.3 is 15.0 Å². The van der Waals surface area contributed by atoms with Gasteiger partial charge in [0, 0.05) is 26.1 Å². The fraction of sp³-hybridized carbons (Fsp3) is 0.333. The van der Waals surface area contributed by atoms with Gasteiger partial charge in [-0.1, -0.05) is 24.3 Å². The Hall–Kier alpha value is -2.89. The summed E-state index contributed by atoms with van der Waals surface area (Å²) in [5.74, 6) is -0.0280. The summed E-state index contributed by atoms with van der Waals surface area (Å²) in [4.78, 5) is 26.2. The molecule has 1 fully saturated rings. The quantitative estimate of drug-likeness (QED) is 0.815. The molecule has 0 aliphatic carbocycles. The summed E-state index contributed by atoms with van der Waals surface area (Å²) in [6.45, 7) is 1.26. The van der Waals surface area contributed by atoms with Crippen molar-refractivity contribution in [3.8, 4) is 5.75 Å². The fourth-order valence-electron chi connectivity index (χ4n) is 3.21. The van der Waals surface area contributed by atoms with E-state index in [2.05, 4.69) is 5.32 Å². The summed E-state index contributed by atoms with van der Waals surface area (Å²) in [5, 5.41) is 2.71. The van der Waals surface area contributed by atoms with E-state index in [9.17, 15) is 14.0 Å². The highest BCUT2D eigenvalue weighted by atomic mass is 19.1. The van der Waals surface area contributed by atoms with Crippen LogP contribution in [0.5, 0.6) is 5.75 Å². The standard InChI is InChI=1S/C21H23FN2O3/c1-27-19-4-2-3-15(11-19)9-10-24(14-16-5-7-18(22)8-6-16)21(26)17-12-20(25)23-13-17/h2-8,11,17H,9-10,12-14H2,1H3,(H,23,25). The molecular formula is C21H23FN2O3. The molecule has 3 rings (SSSR count). The number of rotatable bonds is 7. The molecule has 2 aromatic rings. The fourth-order valence-corrected chi connectivity index (χ4v) is 3.21. The van der Waals surface area contributed by atoms with E-state index in [1.165, 1.54) is 12.1 Å². The van der Waals surface area contributed by atoms with Crippen molar-refractivity contribution in [1.29, 1.82) is 0 Å². The Balaban J connectivity index is 1.72. The molecule has 2 amide bonds. The van der Waals surface area contributed by atoms with Crippen LogP contribution in [0.25, 0.3) is 0 Å². The van der Waals surface area contributed by atoms with Gasteiger partial charge in [-0.2, -0.15) is 0 Å². The molecule has 1 heterocycles. The number of ether oxygens (including phenoxy) is 1. The molecule has 27 heavy (non-hydrogen) atoms. The van der Waals surface area contributed by atoms with Crippen molar-refractivity contribution in [2.45, 2.75) is 19.4 Å². The van der Waals surface area contributed by atoms with Crippen LogP contribution in [0.15, 0.2) is 48.5 Å². The van der Waals surface area contributed by atoms with E-state index in [-0.39, 0.29) is 30.0 Å². The number of carbonyl (C=O) groups excluding carboxylic acids is 2. The second-order valence-corrected chi connectivity index (χ2v) is 6.69. The first-order chi connectivity index (χ1) is 13.0. The van der Waals surface area contributed by atoms with Crippen molar-refractivity contribution in [3.63, 3.8) is 0 Å². The molecular weight excluding hydrogens is 347 g/mol. The van der Waals surface area contributed by atoms with Crippen LogP contribution in [0.4, 0.5) is 4.39 Å². The maximum absolute atomic E-state index is 13.2. The third-order valence-electron chi connectivity index (χ3n) is 4.73. The Morgan fingerprint density at radius 1 is 1.22 bits per heavy atom. The average Bonchev–Trinajstić information content (AvgIpc) is 3.12.